The van der Waals surface area contributed by atoms with Crippen LogP contribution in [-0.4, -0.2) is 32.4 Å². The minimum absolute atomic E-state index is 0.0807. The molecule has 2 rings (SSSR count). The molecule has 0 amide bonds. The Morgan fingerprint density at radius 3 is 2.60 bits per heavy atom. The topological polar surface area (TPSA) is 58.6 Å². The summed E-state index contributed by atoms with van der Waals surface area (Å²) >= 11 is 0. The second-order valence-corrected chi connectivity index (χ2v) is 6.84. The highest BCUT2D eigenvalue weighted by Gasteiger charge is 2.28. The van der Waals surface area contributed by atoms with Crippen LogP contribution in [0.2, 0.25) is 0 Å². The molecule has 1 aromatic carbocycles. The van der Waals surface area contributed by atoms with Crippen LogP contribution in [0, 0.1) is 0 Å². The fraction of sp³-hybridized carbons (Fsp3) is 0.571. The summed E-state index contributed by atoms with van der Waals surface area (Å²) in [5.41, 5.74) is 0.916. The maximum absolute atomic E-state index is 12.3. The summed E-state index contributed by atoms with van der Waals surface area (Å²) in [4.78, 5) is 0. The third-order valence-electron chi connectivity index (χ3n) is 3.67. The average molecular weight is 298 g/mol. The van der Waals surface area contributed by atoms with Crippen LogP contribution in [0.25, 0.3) is 0 Å². The third-order valence-corrected chi connectivity index (χ3v) is 5.34. The van der Waals surface area contributed by atoms with Crippen molar-refractivity contribution in [2.24, 2.45) is 0 Å². The Balaban J connectivity index is 1.97. The molecule has 0 spiro atoms. The third kappa shape index (κ3) is 3.71. The zero-order chi connectivity index (χ0) is 14.6. The van der Waals surface area contributed by atoms with Crippen LogP contribution in [0.15, 0.2) is 24.3 Å². The van der Waals surface area contributed by atoms with Gasteiger partial charge in [0.05, 0.1) is 7.11 Å². The van der Waals surface area contributed by atoms with Gasteiger partial charge in [0.25, 0.3) is 10.2 Å². The Morgan fingerprint density at radius 1 is 1.30 bits per heavy atom. The van der Waals surface area contributed by atoms with E-state index in [2.05, 4.69) is 4.72 Å². The smallest absolute Gasteiger partial charge is 0.279 e. The van der Waals surface area contributed by atoms with Crippen LogP contribution in [0.1, 0.15) is 31.7 Å². The van der Waals surface area contributed by atoms with E-state index in [1.807, 2.05) is 31.2 Å². The number of methoxy groups -OCH3 is 1. The first-order chi connectivity index (χ1) is 9.53. The molecule has 0 bridgehead atoms. The number of hydrogen-bond acceptors (Lipinski definition) is 3. The molecule has 1 aliphatic rings. The van der Waals surface area contributed by atoms with E-state index in [0.29, 0.717) is 13.1 Å². The Hall–Kier alpha value is -1.11. The average Bonchev–Trinajstić information content (AvgIpc) is 2.46. The molecular formula is C14H22N2O3S. The van der Waals surface area contributed by atoms with E-state index in [-0.39, 0.29) is 6.04 Å². The molecule has 0 unspecified atom stereocenters. The van der Waals surface area contributed by atoms with Gasteiger partial charge in [0.15, 0.2) is 0 Å². The molecule has 0 saturated carbocycles. The fourth-order valence-corrected chi connectivity index (χ4v) is 3.89. The SMILES string of the molecule is COc1ccc(CNS(=O)(=O)N2CCCC[C@@H]2C)cc1. The van der Waals surface area contributed by atoms with Crippen LogP contribution in [-0.2, 0) is 16.8 Å². The first-order valence-corrected chi connectivity index (χ1v) is 8.36. The standard InChI is InChI=1S/C14H22N2O3S/c1-12-5-3-4-10-16(12)20(17,18)15-11-13-6-8-14(19-2)9-7-13/h6-9,12,15H,3-5,10-11H2,1-2H3/t12-/m0/s1. The van der Waals surface area contributed by atoms with Crippen LogP contribution < -0.4 is 9.46 Å². The van der Waals surface area contributed by atoms with Gasteiger partial charge < -0.3 is 4.74 Å². The Morgan fingerprint density at radius 2 is 2.00 bits per heavy atom. The lowest BCUT2D eigenvalue weighted by atomic mass is 10.1. The quantitative estimate of drug-likeness (QED) is 0.903. The molecule has 0 aliphatic carbocycles. The van der Waals surface area contributed by atoms with Gasteiger partial charge in [-0.3, -0.25) is 0 Å². The molecule has 0 aromatic heterocycles. The van der Waals surface area contributed by atoms with Crippen molar-refractivity contribution in [1.82, 2.24) is 9.03 Å². The van der Waals surface area contributed by atoms with Crippen molar-refractivity contribution in [3.8, 4) is 5.75 Å². The molecular weight excluding hydrogens is 276 g/mol. The summed E-state index contributed by atoms with van der Waals surface area (Å²) in [7, 11) is -1.79. The van der Waals surface area contributed by atoms with Crippen molar-refractivity contribution in [2.45, 2.75) is 38.8 Å². The highest BCUT2D eigenvalue weighted by atomic mass is 32.2. The lowest BCUT2D eigenvalue weighted by Crippen LogP contribution is -2.47. The van der Waals surface area contributed by atoms with Crippen LogP contribution >= 0.6 is 0 Å². The Bertz CT molecular complexity index is 528. The molecule has 1 fully saturated rings. The molecule has 20 heavy (non-hydrogen) atoms. The van der Waals surface area contributed by atoms with E-state index in [4.69, 9.17) is 4.74 Å². The lowest BCUT2D eigenvalue weighted by molar-refractivity contribution is 0.265. The first kappa shape index (κ1) is 15.3. The first-order valence-electron chi connectivity index (χ1n) is 6.92. The molecule has 112 valence electrons. The number of benzene rings is 1. The maximum atomic E-state index is 12.3. The molecule has 5 nitrogen and oxygen atoms in total. The van der Waals surface area contributed by atoms with Crippen molar-refractivity contribution in [2.75, 3.05) is 13.7 Å². The molecule has 1 atom stereocenters. The van der Waals surface area contributed by atoms with E-state index in [0.717, 1.165) is 30.6 Å². The van der Waals surface area contributed by atoms with Crippen molar-refractivity contribution < 1.29 is 13.2 Å². The second kappa shape index (κ2) is 6.56. The molecule has 6 heteroatoms. The number of nitrogens with zero attached hydrogens (tertiary/aromatic N) is 1. The maximum Gasteiger partial charge on any atom is 0.279 e. The van der Waals surface area contributed by atoms with Crippen LogP contribution in [0.5, 0.6) is 5.75 Å². The molecule has 1 aromatic rings. The van der Waals surface area contributed by atoms with Gasteiger partial charge >= 0.3 is 0 Å². The van der Waals surface area contributed by atoms with Gasteiger partial charge in [-0.2, -0.15) is 17.4 Å². The minimum atomic E-state index is -3.39. The molecule has 1 saturated heterocycles. The van der Waals surface area contributed by atoms with Gasteiger partial charge in [-0.1, -0.05) is 18.6 Å². The minimum Gasteiger partial charge on any atom is -0.497 e. The van der Waals surface area contributed by atoms with Crippen molar-refractivity contribution in [3.63, 3.8) is 0 Å². The van der Waals surface area contributed by atoms with Crippen LogP contribution in [0.3, 0.4) is 0 Å². The number of piperidine rings is 1. The van der Waals surface area contributed by atoms with Gasteiger partial charge in [0, 0.05) is 19.1 Å². The predicted molar refractivity (Wildman–Crippen MR) is 78.8 cm³/mol. The number of rotatable bonds is 5. The van der Waals surface area contributed by atoms with E-state index < -0.39 is 10.2 Å². The summed E-state index contributed by atoms with van der Waals surface area (Å²) < 4.78 is 33.9. The number of hydrogen-bond donors (Lipinski definition) is 1. The van der Waals surface area contributed by atoms with E-state index in [1.54, 1.807) is 11.4 Å². The van der Waals surface area contributed by atoms with E-state index >= 15 is 0 Å². The molecule has 1 aliphatic heterocycles. The Labute approximate surface area is 121 Å². The second-order valence-electron chi connectivity index (χ2n) is 5.13. The summed E-state index contributed by atoms with van der Waals surface area (Å²) in [6, 6.07) is 7.46. The van der Waals surface area contributed by atoms with Gasteiger partial charge in [0.2, 0.25) is 0 Å². The summed E-state index contributed by atoms with van der Waals surface area (Å²) in [5, 5.41) is 0. The van der Waals surface area contributed by atoms with E-state index in [1.165, 1.54) is 0 Å². The zero-order valence-electron chi connectivity index (χ0n) is 12.0. The fourth-order valence-electron chi connectivity index (χ4n) is 2.43. The van der Waals surface area contributed by atoms with E-state index in [9.17, 15) is 8.42 Å². The zero-order valence-corrected chi connectivity index (χ0v) is 12.8. The monoisotopic (exact) mass is 298 g/mol. The highest BCUT2D eigenvalue weighted by Crippen LogP contribution is 2.19. The van der Waals surface area contributed by atoms with Crippen LogP contribution in [0.4, 0.5) is 0 Å². The predicted octanol–water partition coefficient (Wildman–Crippen LogP) is 1.90. The normalized spacial score (nSPS) is 20.8. The summed E-state index contributed by atoms with van der Waals surface area (Å²) in [6.45, 7) is 2.88. The van der Waals surface area contributed by atoms with Gasteiger partial charge in [-0.25, -0.2) is 0 Å². The van der Waals surface area contributed by atoms with Crippen molar-refractivity contribution in [1.29, 1.82) is 0 Å². The highest BCUT2D eigenvalue weighted by molar-refractivity contribution is 7.87. The Kier molecular flexibility index (Phi) is 5.01. The van der Waals surface area contributed by atoms with Crippen molar-refractivity contribution in [3.05, 3.63) is 29.8 Å². The lowest BCUT2D eigenvalue weighted by Gasteiger charge is -2.32. The number of nitrogens with one attached hydrogen (secondary N) is 1. The number of ether oxygens (including phenoxy) is 1. The summed E-state index contributed by atoms with van der Waals surface area (Å²) in [5.74, 6) is 0.765. The largest absolute Gasteiger partial charge is 0.497 e. The summed E-state index contributed by atoms with van der Waals surface area (Å²) in [6.07, 6.45) is 2.98. The van der Waals surface area contributed by atoms with Crippen molar-refractivity contribution >= 4 is 10.2 Å². The molecule has 0 radical (unpaired) electrons. The molecule has 1 N–H and O–H groups in total. The van der Waals surface area contributed by atoms with Gasteiger partial charge in [-0.05, 0) is 37.5 Å². The molecule has 1 heterocycles. The van der Waals surface area contributed by atoms with Gasteiger partial charge in [-0.15, -0.1) is 0 Å². The van der Waals surface area contributed by atoms with Gasteiger partial charge in [0.1, 0.15) is 5.75 Å².